The van der Waals surface area contributed by atoms with E-state index < -0.39 is 72.6 Å². The zero-order chi connectivity index (χ0) is 25.8. The molecule has 0 saturated heterocycles. The van der Waals surface area contributed by atoms with Crippen molar-refractivity contribution >= 4 is 48.2 Å². The van der Waals surface area contributed by atoms with Gasteiger partial charge in [-0.25, -0.2) is 4.79 Å². The quantitative estimate of drug-likeness (QED) is 0.125. The second-order valence-corrected chi connectivity index (χ2v) is 7.63. The molecule has 13 nitrogen and oxygen atoms in total. The minimum atomic E-state index is -1.64. The van der Waals surface area contributed by atoms with Crippen LogP contribution in [-0.2, 0) is 35.2 Å². The van der Waals surface area contributed by atoms with Crippen LogP contribution in [0.2, 0.25) is 0 Å². The van der Waals surface area contributed by atoms with E-state index in [0.29, 0.717) is 5.56 Å². The number of primary amides is 1. The molecule has 0 aromatic heterocycles. The third-order valence-electron chi connectivity index (χ3n) is 4.48. The van der Waals surface area contributed by atoms with E-state index in [1.807, 2.05) is 0 Å². The van der Waals surface area contributed by atoms with Crippen molar-refractivity contribution in [3.63, 3.8) is 0 Å². The Hall–Kier alpha value is -3.65. The first-order valence-corrected chi connectivity index (χ1v) is 10.6. The predicted molar refractivity (Wildman–Crippen MR) is 121 cm³/mol. The molecule has 1 aromatic carbocycles. The number of carboxylic acids is 2. The molecule has 4 atom stereocenters. The molecule has 0 radical (unpaired) electrons. The first-order chi connectivity index (χ1) is 15.9. The number of nitrogens with two attached hydrogens (primary N) is 2. The van der Waals surface area contributed by atoms with Crippen molar-refractivity contribution < 1.29 is 39.0 Å². The molecule has 4 amide bonds. The van der Waals surface area contributed by atoms with Gasteiger partial charge in [-0.05, 0) is 5.56 Å². The Bertz CT molecular complexity index is 913. The third kappa shape index (κ3) is 9.87. The van der Waals surface area contributed by atoms with E-state index in [4.69, 9.17) is 21.7 Å². The lowest BCUT2D eigenvalue weighted by Gasteiger charge is -2.24. The minimum absolute atomic E-state index is 0.0632. The van der Waals surface area contributed by atoms with Crippen LogP contribution in [0.3, 0.4) is 0 Å². The summed E-state index contributed by atoms with van der Waals surface area (Å²) in [5, 5.41) is 25.0. The highest BCUT2D eigenvalue weighted by Crippen LogP contribution is 2.06. The van der Waals surface area contributed by atoms with E-state index in [-0.39, 0.29) is 12.2 Å². The zero-order valence-corrected chi connectivity index (χ0v) is 18.9. The Morgan fingerprint density at radius 3 is 1.85 bits per heavy atom. The number of carbonyl (C=O) groups excluding carboxylic acids is 4. The molecule has 9 N–H and O–H groups in total. The number of benzene rings is 1. The second kappa shape index (κ2) is 13.8. The van der Waals surface area contributed by atoms with Crippen LogP contribution in [-0.4, -0.2) is 75.7 Å². The summed E-state index contributed by atoms with van der Waals surface area (Å²) in [5.74, 6) is -6.76. The van der Waals surface area contributed by atoms with Gasteiger partial charge in [0.25, 0.3) is 0 Å². The smallest absolute Gasteiger partial charge is 0.327 e. The molecule has 0 bridgehead atoms. The highest BCUT2D eigenvalue weighted by atomic mass is 32.1. The normalized spacial score (nSPS) is 14.1. The second-order valence-electron chi connectivity index (χ2n) is 7.27. The molecule has 0 spiro atoms. The van der Waals surface area contributed by atoms with Crippen LogP contribution in [0.25, 0.3) is 0 Å². The van der Waals surface area contributed by atoms with E-state index in [1.165, 1.54) is 0 Å². The number of thiol groups is 1. The molecule has 0 aliphatic carbocycles. The summed E-state index contributed by atoms with van der Waals surface area (Å²) in [4.78, 5) is 71.2. The summed E-state index contributed by atoms with van der Waals surface area (Å²) in [5.41, 5.74) is 11.1. The van der Waals surface area contributed by atoms with Crippen LogP contribution >= 0.6 is 12.6 Å². The Morgan fingerprint density at radius 2 is 1.35 bits per heavy atom. The molecule has 0 saturated carbocycles. The lowest BCUT2D eigenvalue weighted by molar-refractivity contribution is -0.142. The maximum atomic E-state index is 12.8. The summed E-state index contributed by atoms with van der Waals surface area (Å²) in [6.07, 6.45) is -1.45. The SMILES string of the molecule is NC(=O)CC(N)C(=O)NC(CC(=O)O)C(=O)NC(Cc1ccccc1)C(=O)NC(CS)C(=O)O. The average Bonchev–Trinajstić information content (AvgIpc) is 2.75. The minimum Gasteiger partial charge on any atom is -0.481 e. The van der Waals surface area contributed by atoms with E-state index in [1.54, 1.807) is 30.3 Å². The first kappa shape index (κ1) is 28.4. The van der Waals surface area contributed by atoms with Crippen LogP contribution in [0.5, 0.6) is 0 Å². The molecule has 14 heteroatoms. The van der Waals surface area contributed by atoms with Crippen molar-refractivity contribution in [2.24, 2.45) is 11.5 Å². The molecule has 4 unspecified atom stereocenters. The van der Waals surface area contributed by atoms with Crippen molar-refractivity contribution in [3.8, 4) is 0 Å². The van der Waals surface area contributed by atoms with Crippen molar-refractivity contribution in [2.75, 3.05) is 5.75 Å². The maximum Gasteiger partial charge on any atom is 0.327 e. The van der Waals surface area contributed by atoms with E-state index >= 15 is 0 Å². The number of aliphatic carboxylic acids is 2. The van der Waals surface area contributed by atoms with Crippen LogP contribution in [0, 0.1) is 0 Å². The fourth-order valence-electron chi connectivity index (χ4n) is 2.76. The largest absolute Gasteiger partial charge is 0.481 e. The lowest BCUT2D eigenvalue weighted by atomic mass is 10.0. The number of hydrogen-bond acceptors (Lipinski definition) is 8. The average molecular weight is 498 g/mol. The summed E-state index contributed by atoms with van der Waals surface area (Å²) in [6.45, 7) is 0. The number of amides is 4. The molecule has 0 aliphatic rings. The van der Waals surface area contributed by atoms with Gasteiger partial charge in [-0.3, -0.25) is 24.0 Å². The Balaban J connectivity index is 3.09. The van der Waals surface area contributed by atoms with Gasteiger partial charge in [0.15, 0.2) is 0 Å². The highest BCUT2D eigenvalue weighted by Gasteiger charge is 2.31. The summed E-state index contributed by atoms with van der Waals surface area (Å²) >= 11 is 3.88. The molecule has 0 fully saturated rings. The molecular formula is C20H27N5O8S. The molecule has 0 aliphatic heterocycles. The third-order valence-corrected chi connectivity index (χ3v) is 4.85. The molecule has 186 valence electrons. The van der Waals surface area contributed by atoms with Crippen molar-refractivity contribution in [1.29, 1.82) is 0 Å². The molecular weight excluding hydrogens is 470 g/mol. The van der Waals surface area contributed by atoms with Gasteiger partial charge in [0, 0.05) is 12.2 Å². The Labute approximate surface area is 200 Å². The molecule has 0 heterocycles. The number of carboxylic acid groups (broad SMARTS) is 2. The van der Waals surface area contributed by atoms with Crippen molar-refractivity contribution in [1.82, 2.24) is 16.0 Å². The fourth-order valence-corrected chi connectivity index (χ4v) is 3.01. The van der Waals surface area contributed by atoms with Gasteiger partial charge in [0.05, 0.1) is 18.9 Å². The maximum absolute atomic E-state index is 12.8. The van der Waals surface area contributed by atoms with Gasteiger partial charge >= 0.3 is 11.9 Å². The summed E-state index contributed by atoms with van der Waals surface area (Å²) in [7, 11) is 0. The van der Waals surface area contributed by atoms with Gasteiger partial charge in [0.1, 0.15) is 18.1 Å². The zero-order valence-electron chi connectivity index (χ0n) is 18.0. The standard InChI is InChI=1S/C20H27N5O8S/c21-11(7-15(22)26)17(29)23-13(8-16(27)28)19(31)24-12(6-10-4-2-1-3-5-10)18(30)25-14(9-34)20(32)33/h1-5,11-14,34H,6-9,21H2,(H2,22,26)(H,23,29)(H,24,31)(H,25,30)(H,27,28)(H,32,33). The monoisotopic (exact) mass is 497 g/mol. The topological polar surface area (TPSA) is 231 Å². The van der Waals surface area contributed by atoms with Gasteiger partial charge < -0.3 is 37.6 Å². The number of carbonyl (C=O) groups is 6. The van der Waals surface area contributed by atoms with E-state index in [2.05, 4.69) is 28.6 Å². The van der Waals surface area contributed by atoms with Gasteiger partial charge in [-0.2, -0.15) is 12.6 Å². The predicted octanol–water partition coefficient (Wildman–Crippen LogP) is -2.62. The number of nitrogens with one attached hydrogen (secondary N) is 3. The molecule has 1 aromatic rings. The van der Waals surface area contributed by atoms with Crippen molar-refractivity contribution in [3.05, 3.63) is 35.9 Å². The van der Waals surface area contributed by atoms with E-state index in [0.717, 1.165) is 0 Å². The summed E-state index contributed by atoms with van der Waals surface area (Å²) < 4.78 is 0. The lowest BCUT2D eigenvalue weighted by Crippen LogP contribution is -2.58. The molecule has 34 heavy (non-hydrogen) atoms. The van der Waals surface area contributed by atoms with Gasteiger partial charge in [0.2, 0.25) is 23.6 Å². The van der Waals surface area contributed by atoms with Crippen LogP contribution in [0.15, 0.2) is 30.3 Å². The highest BCUT2D eigenvalue weighted by molar-refractivity contribution is 7.80. The van der Waals surface area contributed by atoms with Gasteiger partial charge in [-0.1, -0.05) is 30.3 Å². The first-order valence-electron chi connectivity index (χ1n) is 9.99. The fraction of sp³-hybridized carbons (Fsp3) is 0.400. The van der Waals surface area contributed by atoms with Crippen LogP contribution in [0.1, 0.15) is 18.4 Å². The number of hydrogen-bond donors (Lipinski definition) is 8. The van der Waals surface area contributed by atoms with Crippen LogP contribution < -0.4 is 27.4 Å². The Kier molecular flexibility index (Phi) is 11.5. The number of rotatable bonds is 14. The van der Waals surface area contributed by atoms with E-state index in [9.17, 15) is 28.8 Å². The van der Waals surface area contributed by atoms with Gasteiger partial charge in [-0.15, -0.1) is 0 Å². The molecule has 1 rings (SSSR count). The summed E-state index contributed by atoms with van der Waals surface area (Å²) in [6, 6.07) is 2.72. The Morgan fingerprint density at radius 1 is 0.824 bits per heavy atom. The van der Waals surface area contributed by atoms with Crippen LogP contribution in [0.4, 0.5) is 0 Å². The van der Waals surface area contributed by atoms with Crippen molar-refractivity contribution in [2.45, 2.75) is 43.4 Å².